The first-order chi connectivity index (χ1) is 8.56. The molecule has 6 heteroatoms. The topological polar surface area (TPSA) is 58.2 Å². The Morgan fingerprint density at radius 2 is 2.28 bits per heavy atom. The molecule has 1 atom stereocenters. The minimum absolute atomic E-state index is 0.0181. The molecule has 0 aliphatic carbocycles. The van der Waals surface area contributed by atoms with Gasteiger partial charge in [0.1, 0.15) is 5.82 Å². The van der Waals surface area contributed by atoms with Crippen LogP contribution in [0.1, 0.15) is 12.8 Å². The molecule has 4 nitrogen and oxygen atoms in total. The van der Waals surface area contributed by atoms with E-state index in [2.05, 4.69) is 10.6 Å². The number of hydrogen-bond acceptors (Lipinski definition) is 2. The number of benzene rings is 1. The smallest absolute Gasteiger partial charge is 0.229 e. The Bertz CT molecular complexity index is 483. The van der Waals surface area contributed by atoms with E-state index in [9.17, 15) is 14.0 Å². The first kappa shape index (κ1) is 13.3. The summed E-state index contributed by atoms with van der Waals surface area (Å²) < 4.78 is 13.6. The molecule has 0 bridgehead atoms. The molecule has 1 aromatic rings. The second-order valence-corrected chi connectivity index (χ2v) is 5.32. The maximum absolute atomic E-state index is 12.9. The number of rotatable bonds is 2. The van der Waals surface area contributed by atoms with Gasteiger partial charge in [-0.2, -0.15) is 0 Å². The SMILES string of the molecule is O=C1CCC(C(=O)Nc2ccc(F)cc2I)CN1. The van der Waals surface area contributed by atoms with Gasteiger partial charge in [-0.15, -0.1) is 0 Å². The molecule has 1 aromatic carbocycles. The van der Waals surface area contributed by atoms with E-state index in [-0.39, 0.29) is 23.5 Å². The highest BCUT2D eigenvalue weighted by atomic mass is 127. The van der Waals surface area contributed by atoms with Crippen molar-refractivity contribution in [1.29, 1.82) is 0 Å². The molecular formula is C12H12FIN2O2. The molecule has 96 valence electrons. The standard InChI is InChI=1S/C12H12FIN2O2/c13-8-2-3-10(9(14)5-8)16-12(18)7-1-4-11(17)15-6-7/h2-3,5,7H,1,4,6H2,(H,15,17)(H,16,18). The molecule has 0 radical (unpaired) electrons. The summed E-state index contributed by atoms with van der Waals surface area (Å²) in [5, 5.41) is 5.42. The predicted molar refractivity (Wildman–Crippen MR) is 73.5 cm³/mol. The van der Waals surface area contributed by atoms with E-state index in [1.54, 1.807) is 0 Å². The largest absolute Gasteiger partial charge is 0.355 e. The summed E-state index contributed by atoms with van der Waals surface area (Å²) >= 11 is 1.97. The van der Waals surface area contributed by atoms with Gasteiger partial charge in [-0.05, 0) is 47.2 Å². The van der Waals surface area contributed by atoms with Gasteiger partial charge in [0.25, 0.3) is 0 Å². The van der Waals surface area contributed by atoms with Gasteiger partial charge in [0, 0.05) is 16.5 Å². The first-order valence-corrected chi connectivity index (χ1v) is 6.67. The lowest BCUT2D eigenvalue weighted by Gasteiger charge is -2.21. The van der Waals surface area contributed by atoms with Crippen LogP contribution in [0, 0.1) is 15.3 Å². The summed E-state index contributed by atoms with van der Waals surface area (Å²) in [5.74, 6) is -0.708. The summed E-state index contributed by atoms with van der Waals surface area (Å²) in [4.78, 5) is 22.9. The molecule has 1 fully saturated rings. The average Bonchev–Trinajstić information content (AvgIpc) is 2.33. The van der Waals surface area contributed by atoms with E-state index >= 15 is 0 Å². The molecule has 0 aromatic heterocycles. The second kappa shape index (κ2) is 5.64. The summed E-state index contributed by atoms with van der Waals surface area (Å²) in [6.07, 6.45) is 0.925. The van der Waals surface area contributed by atoms with Gasteiger partial charge in [0.2, 0.25) is 11.8 Å². The fourth-order valence-corrected chi connectivity index (χ4v) is 2.39. The molecular weight excluding hydrogens is 350 g/mol. The van der Waals surface area contributed by atoms with E-state index in [4.69, 9.17) is 0 Å². The summed E-state index contributed by atoms with van der Waals surface area (Å²) in [6, 6.07) is 4.20. The minimum Gasteiger partial charge on any atom is -0.355 e. The summed E-state index contributed by atoms with van der Waals surface area (Å²) in [6.45, 7) is 0.364. The molecule has 2 rings (SSSR count). The van der Waals surface area contributed by atoms with E-state index in [1.807, 2.05) is 22.6 Å². The lowest BCUT2D eigenvalue weighted by Crippen LogP contribution is -2.40. The fraction of sp³-hybridized carbons (Fsp3) is 0.333. The number of halogens is 2. The number of piperidine rings is 1. The zero-order valence-electron chi connectivity index (χ0n) is 9.50. The number of carbonyl (C=O) groups excluding carboxylic acids is 2. The number of carbonyl (C=O) groups is 2. The van der Waals surface area contributed by atoms with E-state index in [0.717, 1.165) is 0 Å². The van der Waals surface area contributed by atoms with Gasteiger partial charge in [0.05, 0.1) is 11.6 Å². The van der Waals surface area contributed by atoms with Crippen molar-refractivity contribution in [2.75, 3.05) is 11.9 Å². The van der Waals surface area contributed by atoms with Crippen molar-refractivity contribution in [3.05, 3.63) is 27.6 Å². The van der Waals surface area contributed by atoms with Gasteiger partial charge in [-0.3, -0.25) is 9.59 Å². The first-order valence-electron chi connectivity index (χ1n) is 5.59. The monoisotopic (exact) mass is 362 g/mol. The van der Waals surface area contributed by atoms with Crippen LogP contribution < -0.4 is 10.6 Å². The molecule has 0 spiro atoms. The van der Waals surface area contributed by atoms with Crippen molar-refractivity contribution < 1.29 is 14.0 Å². The van der Waals surface area contributed by atoms with Crippen molar-refractivity contribution in [2.45, 2.75) is 12.8 Å². The Morgan fingerprint density at radius 3 is 2.89 bits per heavy atom. The van der Waals surface area contributed by atoms with Gasteiger partial charge in [-0.25, -0.2) is 4.39 Å². The number of anilines is 1. The maximum Gasteiger partial charge on any atom is 0.229 e. The van der Waals surface area contributed by atoms with Crippen LogP contribution in [0.25, 0.3) is 0 Å². The molecule has 2 N–H and O–H groups in total. The highest BCUT2D eigenvalue weighted by Gasteiger charge is 2.24. The maximum atomic E-state index is 12.9. The summed E-state index contributed by atoms with van der Waals surface area (Å²) in [7, 11) is 0. The van der Waals surface area contributed by atoms with E-state index in [1.165, 1.54) is 18.2 Å². The Balaban J connectivity index is 2.00. The molecule has 18 heavy (non-hydrogen) atoms. The zero-order chi connectivity index (χ0) is 13.1. The second-order valence-electron chi connectivity index (χ2n) is 4.15. The highest BCUT2D eigenvalue weighted by molar-refractivity contribution is 14.1. The van der Waals surface area contributed by atoms with Crippen molar-refractivity contribution in [1.82, 2.24) is 5.32 Å². The Labute approximate surface area is 117 Å². The van der Waals surface area contributed by atoms with Crippen molar-refractivity contribution >= 4 is 40.1 Å². The van der Waals surface area contributed by atoms with Crippen LogP contribution in [0.15, 0.2) is 18.2 Å². The third-order valence-corrected chi connectivity index (χ3v) is 3.72. The quantitative estimate of drug-likeness (QED) is 0.790. The van der Waals surface area contributed by atoms with Gasteiger partial charge in [0.15, 0.2) is 0 Å². The third-order valence-electron chi connectivity index (χ3n) is 2.83. The minimum atomic E-state index is -0.331. The normalized spacial score (nSPS) is 19.2. The molecule has 2 amide bonds. The van der Waals surface area contributed by atoms with Crippen LogP contribution in [0.5, 0.6) is 0 Å². The van der Waals surface area contributed by atoms with Gasteiger partial charge >= 0.3 is 0 Å². The van der Waals surface area contributed by atoms with E-state index < -0.39 is 0 Å². The predicted octanol–water partition coefficient (Wildman–Crippen LogP) is 1.90. The molecule has 1 saturated heterocycles. The highest BCUT2D eigenvalue weighted by Crippen LogP contribution is 2.21. The Kier molecular flexibility index (Phi) is 4.15. The van der Waals surface area contributed by atoms with Crippen molar-refractivity contribution in [3.63, 3.8) is 0 Å². The average molecular weight is 362 g/mol. The van der Waals surface area contributed by atoms with Gasteiger partial charge in [-0.1, -0.05) is 0 Å². The van der Waals surface area contributed by atoms with Crippen molar-refractivity contribution in [3.8, 4) is 0 Å². The van der Waals surface area contributed by atoms with Crippen LogP contribution in [-0.4, -0.2) is 18.4 Å². The zero-order valence-corrected chi connectivity index (χ0v) is 11.7. The van der Waals surface area contributed by atoms with Gasteiger partial charge < -0.3 is 10.6 Å². The fourth-order valence-electron chi connectivity index (χ4n) is 1.78. The number of nitrogens with one attached hydrogen (secondary N) is 2. The lowest BCUT2D eigenvalue weighted by molar-refractivity contribution is -0.126. The van der Waals surface area contributed by atoms with Crippen LogP contribution in [-0.2, 0) is 9.59 Å². The van der Waals surface area contributed by atoms with Crippen LogP contribution in [0.2, 0.25) is 0 Å². The van der Waals surface area contributed by atoms with Crippen LogP contribution >= 0.6 is 22.6 Å². The molecule has 1 unspecified atom stereocenters. The van der Waals surface area contributed by atoms with Crippen molar-refractivity contribution in [2.24, 2.45) is 5.92 Å². The number of amides is 2. The molecule has 1 aliphatic rings. The number of hydrogen-bond donors (Lipinski definition) is 2. The molecule has 1 aliphatic heterocycles. The Morgan fingerprint density at radius 1 is 1.50 bits per heavy atom. The third kappa shape index (κ3) is 3.18. The molecule has 1 heterocycles. The van der Waals surface area contributed by atoms with Crippen LogP contribution in [0.3, 0.4) is 0 Å². The lowest BCUT2D eigenvalue weighted by atomic mass is 9.98. The van der Waals surface area contributed by atoms with Crippen LogP contribution in [0.4, 0.5) is 10.1 Å². The van der Waals surface area contributed by atoms with E-state index in [0.29, 0.717) is 28.6 Å². The molecule has 0 saturated carbocycles. The summed E-state index contributed by atoms with van der Waals surface area (Å²) in [5.41, 5.74) is 0.596. The Hall–Kier alpha value is -1.18.